The number of fused-ring (bicyclic) bond motifs is 1. The van der Waals surface area contributed by atoms with E-state index in [9.17, 15) is 28.2 Å². The molecule has 38 heavy (non-hydrogen) atoms. The molecular weight excluding hydrogens is 501 g/mol. The number of aryl methyl sites for hydroxylation is 1. The van der Waals surface area contributed by atoms with Crippen LogP contribution in [0.25, 0.3) is 28.1 Å². The number of aliphatic hydroxyl groups excluding tert-OH is 1. The van der Waals surface area contributed by atoms with Crippen molar-refractivity contribution >= 4 is 16.7 Å². The SMILES string of the molecule is Cc1cc(-n2ccnc2)cc2[nH]c(-c3c(NC(CO)Cc4ccc(O)cc4C(F)(F)F)cc[nH]c3=O)nc12. The number of hydrogen-bond donors (Lipinski definition) is 5. The Morgan fingerprint density at radius 2 is 2.00 bits per heavy atom. The quantitative estimate of drug-likeness (QED) is 0.217. The number of aliphatic hydroxyl groups is 1. The second-order valence-electron chi connectivity index (χ2n) is 8.88. The summed E-state index contributed by atoms with van der Waals surface area (Å²) in [6, 6.07) is 7.45. The van der Waals surface area contributed by atoms with Crippen LogP contribution in [0.3, 0.4) is 0 Å². The van der Waals surface area contributed by atoms with Gasteiger partial charge in [0.15, 0.2) is 0 Å². The molecule has 0 bridgehead atoms. The fourth-order valence-corrected chi connectivity index (χ4v) is 4.44. The molecule has 0 saturated carbocycles. The third-order valence-electron chi connectivity index (χ3n) is 6.21. The van der Waals surface area contributed by atoms with Gasteiger partial charge in [-0.25, -0.2) is 9.97 Å². The van der Waals surface area contributed by atoms with Gasteiger partial charge in [0.2, 0.25) is 0 Å². The summed E-state index contributed by atoms with van der Waals surface area (Å²) in [5.41, 5.74) is 1.88. The third kappa shape index (κ3) is 4.85. The maximum atomic E-state index is 13.5. The molecule has 3 aromatic heterocycles. The Hall–Kier alpha value is -4.58. The molecular formula is C26H23F3N6O3. The zero-order chi connectivity index (χ0) is 27.0. The summed E-state index contributed by atoms with van der Waals surface area (Å²) < 4.78 is 42.5. The van der Waals surface area contributed by atoms with Crippen LogP contribution in [-0.4, -0.2) is 47.4 Å². The highest BCUT2D eigenvalue weighted by Crippen LogP contribution is 2.35. The Balaban J connectivity index is 1.51. The number of H-pyrrole nitrogens is 2. The van der Waals surface area contributed by atoms with Gasteiger partial charge in [0, 0.05) is 24.3 Å². The number of phenolic OH excluding ortho intramolecular Hbond substituents is 1. The molecule has 0 aliphatic carbocycles. The van der Waals surface area contributed by atoms with Gasteiger partial charge in [-0.05, 0) is 54.8 Å². The van der Waals surface area contributed by atoms with E-state index in [-0.39, 0.29) is 29.1 Å². The molecule has 2 aromatic carbocycles. The van der Waals surface area contributed by atoms with E-state index in [0.717, 1.165) is 17.3 Å². The highest BCUT2D eigenvalue weighted by Gasteiger charge is 2.34. The smallest absolute Gasteiger partial charge is 0.416 e. The summed E-state index contributed by atoms with van der Waals surface area (Å²) in [5, 5.41) is 22.5. The summed E-state index contributed by atoms with van der Waals surface area (Å²) in [4.78, 5) is 27.4. The average molecular weight is 525 g/mol. The number of rotatable bonds is 7. The lowest BCUT2D eigenvalue weighted by molar-refractivity contribution is -0.138. The molecule has 196 valence electrons. The second kappa shape index (κ2) is 9.71. The lowest BCUT2D eigenvalue weighted by atomic mass is 9.99. The van der Waals surface area contributed by atoms with Crippen molar-refractivity contribution in [3.05, 3.63) is 88.4 Å². The second-order valence-corrected chi connectivity index (χ2v) is 8.88. The highest BCUT2D eigenvalue weighted by atomic mass is 19.4. The lowest BCUT2D eigenvalue weighted by Gasteiger charge is -2.21. The van der Waals surface area contributed by atoms with Crippen molar-refractivity contribution in [1.82, 2.24) is 24.5 Å². The van der Waals surface area contributed by atoms with E-state index in [4.69, 9.17) is 0 Å². The van der Waals surface area contributed by atoms with Crippen molar-refractivity contribution in [1.29, 1.82) is 0 Å². The van der Waals surface area contributed by atoms with E-state index in [1.54, 1.807) is 24.8 Å². The van der Waals surface area contributed by atoms with Crippen LogP contribution in [0, 0.1) is 6.92 Å². The van der Waals surface area contributed by atoms with Crippen molar-refractivity contribution in [3.8, 4) is 22.8 Å². The molecule has 0 spiro atoms. The number of nitrogens with zero attached hydrogens (tertiary/aromatic N) is 3. The van der Waals surface area contributed by atoms with Gasteiger partial charge in [-0.15, -0.1) is 0 Å². The van der Waals surface area contributed by atoms with Crippen LogP contribution in [0.5, 0.6) is 5.75 Å². The number of pyridine rings is 1. The average Bonchev–Trinajstić information content (AvgIpc) is 3.54. The number of anilines is 1. The van der Waals surface area contributed by atoms with Crippen LogP contribution in [0.15, 0.2) is 66.1 Å². The minimum absolute atomic E-state index is 0.111. The maximum absolute atomic E-state index is 13.5. The number of aromatic nitrogens is 5. The summed E-state index contributed by atoms with van der Waals surface area (Å²) >= 11 is 0. The van der Waals surface area contributed by atoms with Gasteiger partial charge in [-0.2, -0.15) is 13.2 Å². The van der Waals surface area contributed by atoms with Gasteiger partial charge < -0.3 is 30.1 Å². The van der Waals surface area contributed by atoms with Crippen molar-refractivity contribution in [3.63, 3.8) is 0 Å². The van der Waals surface area contributed by atoms with E-state index >= 15 is 0 Å². The van der Waals surface area contributed by atoms with Crippen LogP contribution < -0.4 is 10.9 Å². The molecule has 0 saturated heterocycles. The summed E-state index contributed by atoms with van der Waals surface area (Å²) in [6.07, 6.45) is 1.61. The first-order chi connectivity index (χ1) is 18.1. The first kappa shape index (κ1) is 25.1. The predicted molar refractivity (Wildman–Crippen MR) is 135 cm³/mol. The minimum atomic E-state index is -4.69. The molecule has 5 aromatic rings. The summed E-state index contributed by atoms with van der Waals surface area (Å²) in [7, 11) is 0. The highest BCUT2D eigenvalue weighted by molar-refractivity contribution is 5.86. The molecule has 1 unspecified atom stereocenters. The standard InChI is InChI=1S/C26H23F3N6O3/c1-14-8-17(35-7-6-30-13-35)10-21-23(14)34-24(33-21)22-20(4-5-31-25(22)38)32-16(12-36)9-15-2-3-18(37)11-19(15)26(27,28)29/h2-8,10-11,13,16,36-37H,9,12H2,1H3,(H,33,34)(H2,31,32,38). The maximum Gasteiger partial charge on any atom is 0.416 e. The summed E-state index contributed by atoms with van der Waals surface area (Å²) in [6.45, 7) is 1.37. The third-order valence-corrected chi connectivity index (χ3v) is 6.21. The zero-order valence-corrected chi connectivity index (χ0v) is 20.0. The number of alkyl halides is 3. The largest absolute Gasteiger partial charge is 0.508 e. The molecule has 9 nitrogen and oxygen atoms in total. The van der Waals surface area contributed by atoms with Gasteiger partial charge in [0.25, 0.3) is 5.56 Å². The number of hydrogen-bond acceptors (Lipinski definition) is 6. The molecule has 0 aliphatic rings. The molecule has 0 radical (unpaired) electrons. The Morgan fingerprint density at radius 3 is 2.71 bits per heavy atom. The first-order valence-corrected chi connectivity index (χ1v) is 11.6. The normalized spacial score (nSPS) is 12.7. The van der Waals surface area contributed by atoms with Crippen LogP contribution in [0.1, 0.15) is 16.7 Å². The fourth-order valence-electron chi connectivity index (χ4n) is 4.44. The molecule has 0 fully saturated rings. The lowest BCUT2D eigenvalue weighted by Crippen LogP contribution is -2.29. The van der Waals surface area contributed by atoms with E-state index in [1.165, 1.54) is 12.3 Å². The fraction of sp³-hybridized carbons (Fsp3) is 0.192. The number of halogens is 3. The molecule has 12 heteroatoms. The summed E-state index contributed by atoms with van der Waals surface area (Å²) in [5.74, 6) is -0.254. The van der Waals surface area contributed by atoms with Crippen LogP contribution in [0.4, 0.5) is 18.9 Å². The van der Waals surface area contributed by atoms with Crippen LogP contribution >= 0.6 is 0 Å². The van der Waals surface area contributed by atoms with Gasteiger partial charge >= 0.3 is 6.18 Å². The van der Waals surface area contributed by atoms with E-state index in [2.05, 4.69) is 25.3 Å². The van der Waals surface area contributed by atoms with E-state index < -0.39 is 35.7 Å². The molecule has 5 N–H and O–H groups in total. The number of aromatic hydroxyl groups is 1. The molecule has 1 atom stereocenters. The van der Waals surface area contributed by atoms with Gasteiger partial charge in [-0.1, -0.05) is 6.07 Å². The van der Waals surface area contributed by atoms with E-state index in [0.29, 0.717) is 17.1 Å². The Morgan fingerprint density at radius 1 is 1.18 bits per heavy atom. The topological polar surface area (TPSA) is 132 Å². The number of aromatic amines is 2. The van der Waals surface area contributed by atoms with Gasteiger partial charge in [0.05, 0.1) is 41.3 Å². The monoisotopic (exact) mass is 524 g/mol. The van der Waals surface area contributed by atoms with E-state index in [1.807, 2.05) is 23.6 Å². The number of imidazole rings is 2. The molecule has 0 aliphatic heterocycles. The van der Waals surface area contributed by atoms with Crippen molar-refractivity contribution in [2.24, 2.45) is 0 Å². The van der Waals surface area contributed by atoms with Crippen LogP contribution in [0.2, 0.25) is 0 Å². The van der Waals surface area contributed by atoms with Crippen molar-refractivity contribution < 1.29 is 23.4 Å². The number of benzene rings is 2. The molecule has 5 rings (SSSR count). The zero-order valence-electron chi connectivity index (χ0n) is 20.0. The minimum Gasteiger partial charge on any atom is -0.508 e. The molecule has 3 heterocycles. The van der Waals surface area contributed by atoms with Crippen molar-refractivity contribution in [2.75, 3.05) is 11.9 Å². The van der Waals surface area contributed by atoms with Gasteiger partial charge in [0.1, 0.15) is 17.1 Å². The Kier molecular flexibility index (Phi) is 6.41. The van der Waals surface area contributed by atoms with Crippen molar-refractivity contribution in [2.45, 2.75) is 25.6 Å². The number of nitrogens with one attached hydrogen (secondary N) is 3. The first-order valence-electron chi connectivity index (χ1n) is 11.6. The molecule has 0 amide bonds. The number of phenols is 1. The van der Waals surface area contributed by atoms with Gasteiger partial charge in [-0.3, -0.25) is 4.79 Å². The Bertz CT molecular complexity index is 1660. The van der Waals surface area contributed by atoms with Crippen LogP contribution in [-0.2, 0) is 12.6 Å². The predicted octanol–water partition coefficient (Wildman–Crippen LogP) is 4.15. The Labute approximate surface area is 213 Å².